The third-order valence-corrected chi connectivity index (χ3v) is 8.31. The molecule has 0 aliphatic heterocycles. The summed E-state index contributed by atoms with van der Waals surface area (Å²) in [6.45, 7) is 5.44. The van der Waals surface area contributed by atoms with Gasteiger partial charge in [-0.15, -0.1) is 0 Å². The number of nitrogens with zero attached hydrogens (tertiary/aromatic N) is 1. The van der Waals surface area contributed by atoms with E-state index < -0.39 is 13.9 Å². The molecule has 0 spiro atoms. The molecule has 1 N–H and O–H groups in total. The Morgan fingerprint density at radius 1 is 0.698 bits per heavy atom. The average molecular weight is 635 g/mol. The van der Waals surface area contributed by atoms with E-state index >= 15 is 0 Å². The molecule has 0 saturated heterocycles. The van der Waals surface area contributed by atoms with Gasteiger partial charge in [-0.2, -0.15) is 0 Å². The van der Waals surface area contributed by atoms with Crippen molar-refractivity contribution in [3.63, 3.8) is 0 Å². The summed E-state index contributed by atoms with van der Waals surface area (Å²) in [6, 6.07) is 0. The van der Waals surface area contributed by atoms with Crippen molar-refractivity contribution in [2.24, 2.45) is 0 Å². The predicted octanol–water partition coefficient (Wildman–Crippen LogP) is 9.15. The molecule has 0 aliphatic carbocycles. The van der Waals surface area contributed by atoms with Gasteiger partial charge in [-0.25, -0.2) is 4.57 Å². The van der Waals surface area contributed by atoms with Crippen molar-refractivity contribution in [1.82, 2.24) is 0 Å². The second kappa shape index (κ2) is 28.7. The molecular weight excluding hydrogens is 565 g/mol. The van der Waals surface area contributed by atoms with Crippen molar-refractivity contribution in [2.45, 2.75) is 148 Å². The number of phosphoric acid groups is 1. The summed E-state index contributed by atoms with van der Waals surface area (Å²) in [5.41, 5.74) is 0. The van der Waals surface area contributed by atoms with E-state index in [0.29, 0.717) is 24.1 Å². The fourth-order valence-electron chi connectivity index (χ4n) is 4.54. The van der Waals surface area contributed by atoms with E-state index in [0.717, 1.165) is 32.1 Å². The van der Waals surface area contributed by atoms with E-state index in [9.17, 15) is 14.3 Å². The standard InChI is InChI=1S/C34H68NO7P/c1-6-8-10-11-12-13-14-15-16-17-18-19-20-21-22-23-24-26-29-39-31-33(42-34(36)27-25-9-7-2)32-41-43(37,38)40-30-28-35(3,4)5/h15-16,33H,6-14,17-32H2,1-5H3/p+1/b16-15-. The highest BCUT2D eigenvalue weighted by atomic mass is 31.2. The quantitative estimate of drug-likeness (QED) is 0.0259. The molecule has 9 heteroatoms. The molecule has 2 atom stereocenters. The molecule has 0 aromatic heterocycles. The van der Waals surface area contributed by atoms with Crippen LogP contribution in [0.5, 0.6) is 0 Å². The first kappa shape index (κ1) is 42.2. The highest BCUT2D eigenvalue weighted by Gasteiger charge is 2.26. The van der Waals surface area contributed by atoms with Gasteiger partial charge < -0.3 is 18.9 Å². The number of hydrogen-bond acceptors (Lipinski definition) is 6. The van der Waals surface area contributed by atoms with Gasteiger partial charge in [0, 0.05) is 13.0 Å². The van der Waals surface area contributed by atoms with Gasteiger partial charge in [0.15, 0.2) is 0 Å². The number of allylic oxidation sites excluding steroid dienone is 2. The van der Waals surface area contributed by atoms with Gasteiger partial charge in [-0.1, -0.05) is 109 Å². The number of unbranched alkanes of at least 4 members (excludes halogenated alkanes) is 16. The number of likely N-dealkylation sites (N-methyl/N-ethyl adjacent to an activating group) is 1. The largest absolute Gasteiger partial charge is 0.472 e. The first-order chi connectivity index (χ1) is 20.6. The molecule has 8 nitrogen and oxygen atoms in total. The maximum absolute atomic E-state index is 12.3. The summed E-state index contributed by atoms with van der Waals surface area (Å²) in [5.74, 6) is -0.339. The van der Waals surface area contributed by atoms with E-state index in [1.54, 1.807) is 0 Å². The Bertz CT molecular complexity index is 711. The second-order valence-electron chi connectivity index (χ2n) is 12.9. The van der Waals surface area contributed by atoms with Gasteiger partial charge in [0.1, 0.15) is 19.3 Å². The number of carbonyl (C=O) groups is 1. The molecule has 0 bridgehead atoms. The summed E-state index contributed by atoms with van der Waals surface area (Å²) in [7, 11) is 1.66. The van der Waals surface area contributed by atoms with Crippen LogP contribution in [0.4, 0.5) is 0 Å². The van der Waals surface area contributed by atoms with Crippen LogP contribution in [0.1, 0.15) is 142 Å². The zero-order chi connectivity index (χ0) is 32.1. The maximum atomic E-state index is 12.3. The number of phosphoric ester groups is 1. The van der Waals surface area contributed by atoms with E-state index in [1.807, 2.05) is 21.1 Å². The van der Waals surface area contributed by atoms with Crippen molar-refractivity contribution in [3.05, 3.63) is 12.2 Å². The molecule has 0 amide bonds. The van der Waals surface area contributed by atoms with Crippen molar-refractivity contribution >= 4 is 13.8 Å². The molecule has 0 aromatic carbocycles. The molecule has 43 heavy (non-hydrogen) atoms. The topological polar surface area (TPSA) is 91.3 Å². The van der Waals surface area contributed by atoms with Crippen LogP contribution in [0.25, 0.3) is 0 Å². The van der Waals surface area contributed by atoms with Gasteiger partial charge in [-0.3, -0.25) is 13.8 Å². The number of esters is 1. The van der Waals surface area contributed by atoms with Gasteiger partial charge in [0.05, 0.1) is 34.4 Å². The Kier molecular flexibility index (Phi) is 28.2. The van der Waals surface area contributed by atoms with Crippen LogP contribution >= 0.6 is 7.82 Å². The summed E-state index contributed by atoms with van der Waals surface area (Å²) >= 11 is 0. The fourth-order valence-corrected chi connectivity index (χ4v) is 5.29. The summed E-state index contributed by atoms with van der Waals surface area (Å²) in [6.07, 6.45) is 27.4. The zero-order valence-corrected chi connectivity index (χ0v) is 29.6. The SMILES string of the molecule is CCCCCCCC/C=C\CCCCCCCCCCOCC(COP(=O)(O)OCC[N+](C)(C)C)OC(=O)CCCCC. The average Bonchev–Trinajstić information content (AvgIpc) is 2.94. The highest BCUT2D eigenvalue weighted by Crippen LogP contribution is 2.43. The first-order valence-corrected chi connectivity index (χ1v) is 18.9. The molecule has 0 aromatic rings. The second-order valence-corrected chi connectivity index (χ2v) is 14.4. The molecule has 0 fully saturated rings. The van der Waals surface area contributed by atoms with Crippen molar-refractivity contribution in [2.75, 3.05) is 54.1 Å². The number of carbonyl (C=O) groups excluding carboxylic acids is 1. The van der Waals surface area contributed by atoms with Crippen LogP contribution in [-0.2, 0) is 27.9 Å². The molecule has 0 saturated carbocycles. The predicted molar refractivity (Wildman–Crippen MR) is 178 cm³/mol. The summed E-state index contributed by atoms with van der Waals surface area (Å²) in [5, 5.41) is 0. The number of rotatable bonds is 32. The molecule has 0 rings (SSSR count). The minimum atomic E-state index is -4.24. The van der Waals surface area contributed by atoms with Crippen molar-refractivity contribution < 1.29 is 37.3 Å². The number of quaternary nitrogens is 1. The van der Waals surface area contributed by atoms with Crippen LogP contribution in [0.2, 0.25) is 0 Å². The summed E-state index contributed by atoms with van der Waals surface area (Å²) in [4.78, 5) is 22.3. The van der Waals surface area contributed by atoms with Crippen LogP contribution in [0, 0.1) is 0 Å². The fraction of sp³-hybridized carbons (Fsp3) is 0.912. The van der Waals surface area contributed by atoms with E-state index in [-0.39, 0.29) is 25.8 Å². The van der Waals surface area contributed by atoms with E-state index in [1.165, 1.54) is 89.9 Å². The molecule has 0 heterocycles. The molecule has 0 radical (unpaired) electrons. The third kappa shape index (κ3) is 32.4. The molecule has 256 valence electrons. The molecule has 2 unspecified atom stereocenters. The Hall–Kier alpha value is -0.760. The van der Waals surface area contributed by atoms with Gasteiger partial charge >= 0.3 is 13.8 Å². The van der Waals surface area contributed by atoms with Crippen LogP contribution in [0.15, 0.2) is 12.2 Å². The minimum absolute atomic E-state index is 0.0892. The zero-order valence-electron chi connectivity index (χ0n) is 28.7. The van der Waals surface area contributed by atoms with Crippen LogP contribution < -0.4 is 0 Å². The molecule has 0 aliphatic rings. The monoisotopic (exact) mass is 634 g/mol. The Balaban J connectivity index is 4.00. The van der Waals surface area contributed by atoms with Crippen molar-refractivity contribution in [1.29, 1.82) is 0 Å². The smallest absolute Gasteiger partial charge is 0.457 e. The van der Waals surface area contributed by atoms with Gasteiger partial charge in [-0.05, 0) is 38.5 Å². The van der Waals surface area contributed by atoms with Gasteiger partial charge in [0.2, 0.25) is 0 Å². The lowest BCUT2D eigenvalue weighted by atomic mass is 10.1. The van der Waals surface area contributed by atoms with Crippen LogP contribution in [-0.4, -0.2) is 75.6 Å². The van der Waals surface area contributed by atoms with E-state index in [4.69, 9.17) is 18.5 Å². The molecular formula is C34H69NO7P+. The number of hydrogen-bond donors (Lipinski definition) is 1. The van der Waals surface area contributed by atoms with E-state index in [2.05, 4.69) is 26.0 Å². The van der Waals surface area contributed by atoms with Crippen molar-refractivity contribution in [3.8, 4) is 0 Å². The Morgan fingerprint density at radius 2 is 1.21 bits per heavy atom. The Morgan fingerprint density at radius 3 is 1.77 bits per heavy atom. The van der Waals surface area contributed by atoms with Crippen LogP contribution in [0.3, 0.4) is 0 Å². The summed E-state index contributed by atoms with van der Waals surface area (Å²) < 4.78 is 34.4. The maximum Gasteiger partial charge on any atom is 0.472 e. The minimum Gasteiger partial charge on any atom is -0.457 e. The lowest BCUT2D eigenvalue weighted by molar-refractivity contribution is -0.870. The lowest BCUT2D eigenvalue weighted by Crippen LogP contribution is -2.37. The Labute approximate surface area is 265 Å². The number of ether oxygens (including phenoxy) is 2. The normalized spacial score (nSPS) is 14.3. The lowest BCUT2D eigenvalue weighted by Gasteiger charge is -2.24. The third-order valence-electron chi connectivity index (χ3n) is 7.33. The highest BCUT2D eigenvalue weighted by molar-refractivity contribution is 7.47. The first-order valence-electron chi connectivity index (χ1n) is 17.4. The van der Waals surface area contributed by atoms with Gasteiger partial charge in [0.25, 0.3) is 0 Å².